The van der Waals surface area contributed by atoms with Crippen LogP contribution >= 0.6 is 0 Å². The Morgan fingerprint density at radius 2 is 1.83 bits per heavy atom. The highest BCUT2D eigenvalue weighted by atomic mass is 32.2. The molecule has 0 radical (unpaired) electrons. The number of nitrogens with one attached hydrogen (secondary N) is 1. The summed E-state index contributed by atoms with van der Waals surface area (Å²) in [6.45, 7) is 1.48. The summed E-state index contributed by atoms with van der Waals surface area (Å²) >= 11 is 0. The Bertz CT molecular complexity index is 962. The van der Waals surface area contributed by atoms with Crippen LogP contribution in [-0.2, 0) is 21.0 Å². The first-order valence-corrected chi connectivity index (χ1v) is 10.4. The largest absolute Gasteiger partial charge is 0.491 e. The third-order valence-corrected chi connectivity index (χ3v) is 5.06. The second-order valence-electron chi connectivity index (χ2n) is 6.28. The fourth-order valence-corrected chi connectivity index (χ4v) is 3.34. The maximum atomic E-state index is 12.9. The van der Waals surface area contributed by atoms with Crippen LogP contribution in [0.1, 0.15) is 11.1 Å². The lowest BCUT2D eigenvalue weighted by Crippen LogP contribution is -2.41. The van der Waals surface area contributed by atoms with Crippen LogP contribution in [0.15, 0.2) is 48.5 Å². The summed E-state index contributed by atoms with van der Waals surface area (Å²) in [6, 6.07) is 11.1. The number of amides is 1. The Morgan fingerprint density at radius 1 is 1.14 bits per heavy atom. The summed E-state index contributed by atoms with van der Waals surface area (Å²) in [6.07, 6.45) is -3.81. The third-order valence-electron chi connectivity index (χ3n) is 3.92. The van der Waals surface area contributed by atoms with Crippen LogP contribution in [0, 0.1) is 6.92 Å². The summed E-state index contributed by atoms with van der Waals surface area (Å²) < 4.78 is 68.9. The molecule has 0 atom stereocenters. The van der Waals surface area contributed by atoms with Crippen molar-refractivity contribution < 1.29 is 31.1 Å². The highest BCUT2D eigenvalue weighted by Gasteiger charge is 2.31. The molecule has 0 saturated heterocycles. The number of benzene rings is 2. The van der Waals surface area contributed by atoms with Gasteiger partial charge in [-0.05, 0) is 36.8 Å². The van der Waals surface area contributed by atoms with E-state index in [9.17, 15) is 26.4 Å². The van der Waals surface area contributed by atoms with E-state index in [1.165, 1.54) is 6.07 Å². The molecule has 0 spiro atoms. The lowest BCUT2D eigenvalue weighted by Gasteiger charge is -2.22. The molecule has 10 heteroatoms. The number of carbonyl (C=O) groups excluding carboxylic acids is 1. The zero-order chi connectivity index (χ0) is 21.7. The van der Waals surface area contributed by atoms with Crippen molar-refractivity contribution in [3.05, 3.63) is 59.7 Å². The Morgan fingerprint density at radius 3 is 2.45 bits per heavy atom. The van der Waals surface area contributed by atoms with E-state index in [0.717, 1.165) is 24.0 Å². The quantitative estimate of drug-likeness (QED) is 0.654. The molecule has 0 aliphatic heterocycles. The highest BCUT2D eigenvalue weighted by Crippen LogP contribution is 2.32. The summed E-state index contributed by atoms with van der Waals surface area (Å²) in [7, 11) is -3.98. The average Bonchev–Trinajstić information content (AvgIpc) is 2.63. The van der Waals surface area contributed by atoms with Crippen LogP contribution in [0.25, 0.3) is 0 Å². The highest BCUT2D eigenvalue weighted by molar-refractivity contribution is 7.92. The van der Waals surface area contributed by atoms with Crippen LogP contribution in [0.4, 0.5) is 18.9 Å². The van der Waals surface area contributed by atoms with Gasteiger partial charge in [-0.1, -0.05) is 24.3 Å². The summed E-state index contributed by atoms with van der Waals surface area (Å²) in [5, 5.41) is 2.50. The Hall–Kier alpha value is -2.75. The molecule has 0 aliphatic carbocycles. The van der Waals surface area contributed by atoms with E-state index >= 15 is 0 Å². The molecule has 0 unspecified atom stereocenters. The van der Waals surface area contributed by atoms with Gasteiger partial charge in [0.15, 0.2) is 0 Å². The minimum atomic E-state index is -4.63. The average molecular weight is 430 g/mol. The number of carbonyl (C=O) groups is 1. The van der Waals surface area contributed by atoms with Gasteiger partial charge >= 0.3 is 6.18 Å². The van der Waals surface area contributed by atoms with Gasteiger partial charge in [0.25, 0.3) is 0 Å². The predicted molar refractivity (Wildman–Crippen MR) is 103 cm³/mol. The van der Waals surface area contributed by atoms with Crippen LogP contribution in [0.5, 0.6) is 5.75 Å². The summed E-state index contributed by atoms with van der Waals surface area (Å²) in [5.41, 5.74) is -0.323. The topological polar surface area (TPSA) is 75.7 Å². The normalized spacial score (nSPS) is 11.8. The van der Waals surface area contributed by atoms with E-state index in [1.54, 1.807) is 12.1 Å². The molecule has 29 heavy (non-hydrogen) atoms. The van der Waals surface area contributed by atoms with Gasteiger partial charge in [-0.15, -0.1) is 0 Å². The Kier molecular flexibility index (Phi) is 7.12. The molecule has 6 nitrogen and oxygen atoms in total. The maximum Gasteiger partial charge on any atom is 0.416 e. The number of para-hydroxylation sites is 1. The molecule has 0 fully saturated rings. The van der Waals surface area contributed by atoms with Crippen LogP contribution in [0.2, 0.25) is 0 Å². The van der Waals surface area contributed by atoms with E-state index < -0.39 is 34.2 Å². The molecule has 0 bridgehead atoms. The molecular formula is C19H21F3N2O4S. The summed E-state index contributed by atoms with van der Waals surface area (Å²) in [4.78, 5) is 12.1. The molecule has 1 amide bonds. The zero-order valence-electron chi connectivity index (χ0n) is 15.9. The van der Waals surface area contributed by atoms with E-state index in [-0.39, 0.29) is 18.8 Å². The molecule has 0 saturated carbocycles. The fourth-order valence-electron chi connectivity index (χ4n) is 2.49. The second kappa shape index (κ2) is 9.17. The minimum Gasteiger partial charge on any atom is -0.491 e. The van der Waals surface area contributed by atoms with E-state index in [4.69, 9.17) is 4.74 Å². The molecule has 0 heterocycles. The van der Waals surface area contributed by atoms with Gasteiger partial charge in [0.1, 0.15) is 18.9 Å². The van der Waals surface area contributed by atoms with Crippen molar-refractivity contribution >= 4 is 21.6 Å². The Labute approximate surface area is 167 Å². The second-order valence-corrected chi connectivity index (χ2v) is 8.19. The molecule has 0 aliphatic rings. The number of hydrogen-bond acceptors (Lipinski definition) is 4. The van der Waals surface area contributed by atoms with Gasteiger partial charge in [0.2, 0.25) is 15.9 Å². The van der Waals surface area contributed by atoms with Crippen molar-refractivity contribution in [3.8, 4) is 5.75 Å². The number of hydrogen-bond donors (Lipinski definition) is 1. The number of rotatable bonds is 8. The lowest BCUT2D eigenvalue weighted by atomic mass is 10.2. The molecule has 158 valence electrons. The molecule has 2 aromatic rings. The van der Waals surface area contributed by atoms with Crippen molar-refractivity contribution in [2.45, 2.75) is 13.1 Å². The van der Waals surface area contributed by atoms with Crippen molar-refractivity contribution in [1.82, 2.24) is 5.32 Å². The first-order valence-electron chi connectivity index (χ1n) is 8.58. The summed E-state index contributed by atoms with van der Waals surface area (Å²) in [5.74, 6) is -0.00954. The lowest BCUT2D eigenvalue weighted by molar-refractivity contribution is -0.137. The van der Waals surface area contributed by atoms with Gasteiger partial charge in [-0.3, -0.25) is 9.10 Å². The first-order chi connectivity index (χ1) is 13.5. The van der Waals surface area contributed by atoms with Gasteiger partial charge in [0.05, 0.1) is 24.1 Å². The number of nitrogens with zero attached hydrogens (tertiary/aromatic N) is 1. The van der Waals surface area contributed by atoms with Gasteiger partial charge in [-0.2, -0.15) is 13.2 Å². The number of ether oxygens (including phenoxy) is 1. The van der Waals surface area contributed by atoms with Gasteiger partial charge in [0, 0.05) is 0 Å². The number of anilines is 1. The molecule has 1 N–H and O–H groups in total. The van der Waals surface area contributed by atoms with Crippen molar-refractivity contribution in [2.24, 2.45) is 0 Å². The van der Waals surface area contributed by atoms with Gasteiger partial charge in [-0.25, -0.2) is 8.42 Å². The Balaban J connectivity index is 2.00. The van der Waals surface area contributed by atoms with Crippen molar-refractivity contribution in [3.63, 3.8) is 0 Å². The number of aryl methyl sites for hydroxylation is 1. The van der Waals surface area contributed by atoms with Gasteiger partial charge < -0.3 is 10.1 Å². The minimum absolute atomic E-state index is 0.105. The zero-order valence-corrected chi connectivity index (χ0v) is 16.7. The number of sulfonamides is 1. The molecular weight excluding hydrogens is 409 g/mol. The van der Waals surface area contributed by atoms with E-state index in [0.29, 0.717) is 16.1 Å². The maximum absolute atomic E-state index is 12.9. The van der Waals surface area contributed by atoms with Crippen LogP contribution in [0.3, 0.4) is 0 Å². The van der Waals surface area contributed by atoms with Crippen LogP contribution < -0.4 is 14.4 Å². The predicted octanol–water partition coefficient (Wildman–Crippen LogP) is 2.98. The molecule has 2 rings (SSSR count). The smallest absolute Gasteiger partial charge is 0.416 e. The number of halogens is 3. The van der Waals surface area contributed by atoms with E-state index in [2.05, 4.69) is 5.32 Å². The first kappa shape index (κ1) is 22.5. The molecule has 2 aromatic carbocycles. The fraction of sp³-hybridized carbons (Fsp3) is 0.316. The van der Waals surface area contributed by atoms with Crippen LogP contribution in [-0.4, -0.2) is 40.3 Å². The molecule has 0 aromatic heterocycles. The number of alkyl halides is 3. The van der Waals surface area contributed by atoms with Crippen molar-refractivity contribution in [2.75, 3.05) is 30.3 Å². The van der Waals surface area contributed by atoms with Crippen molar-refractivity contribution in [1.29, 1.82) is 0 Å². The van der Waals surface area contributed by atoms with E-state index in [1.807, 2.05) is 19.1 Å². The standard InChI is InChI=1S/C19H21F3N2O4S/c1-14-6-3-4-9-17(14)28-11-10-23-18(25)13-24(29(2,26)27)16-8-5-7-15(12-16)19(20,21)22/h3-9,12H,10-11,13H2,1-2H3,(H,23,25). The SMILES string of the molecule is Cc1ccccc1OCCNC(=O)CN(c1cccc(C(F)(F)F)c1)S(C)(=O)=O. The monoisotopic (exact) mass is 430 g/mol. The third kappa shape index (κ3) is 6.67.